The zero-order chi connectivity index (χ0) is 20.2. The zero-order valence-corrected chi connectivity index (χ0v) is 19.9. The van der Waals surface area contributed by atoms with Crippen LogP contribution in [-0.4, -0.2) is 12.7 Å². The van der Waals surface area contributed by atoms with Crippen molar-refractivity contribution >= 4 is 0 Å². The first-order valence-corrected chi connectivity index (χ1v) is 12.8. The summed E-state index contributed by atoms with van der Waals surface area (Å²) in [6, 6.07) is 0. The molecule has 0 fully saturated rings. The maximum absolute atomic E-state index is 6.67. The molecule has 0 bridgehead atoms. The van der Waals surface area contributed by atoms with Crippen molar-refractivity contribution in [3.63, 3.8) is 0 Å². The lowest BCUT2D eigenvalue weighted by molar-refractivity contribution is -0.0646. The van der Waals surface area contributed by atoms with Crippen molar-refractivity contribution in [1.82, 2.24) is 0 Å². The first-order valence-electron chi connectivity index (χ1n) is 12.8. The van der Waals surface area contributed by atoms with E-state index in [1.807, 2.05) is 0 Å². The maximum Gasteiger partial charge on any atom is 0.0631 e. The predicted molar refractivity (Wildman–Crippen MR) is 124 cm³/mol. The molecule has 0 aromatic heterocycles. The van der Waals surface area contributed by atoms with Gasteiger partial charge < -0.3 is 4.74 Å². The average Bonchev–Trinajstić information content (AvgIpc) is 2.69. The standard InChI is InChI=1S/C26H54O/c1-6-11-16-17-18-19-20-25(27-24-15-10-5)26(21-12-7-2,22-13-8-3)23-14-9-4/h25H,6-24H2,1-5H3. The number of hydrogen-bond donors (Lipinski definition) is 0. The van der Waals surface area contributed by atoms with Crippen LogP contribution in [0.3, 0.4) is 0 Å². The summed E-state index contributed by atoms with van der Waals surface area (Å²) in [6.45, 7) is 12.6. The second kappa shape index (κ2) is 19.3. The molecule has 1 nitrogen and oxygen atoms in total. The molecule has 0 rings (SSSR count). The van der Waals surface area contributed by atoms with E-state index in [4.69, 9.17) is 4.74 Å². The molecule has 0 heterocycles. The fourth-order valence-corrected chi connectivity index (χ4v) is 4.49. The molecule has 164 valence electrons. The Labute approximate surface area is 173 Å². The minimum Gasteiger partial charge on any atom is -0.378 e. The Kier molecular flexibility index (Phi) is 19.3. The van der Waals surface area contributed by atoms with Crippen molar-refractivity contribution in [3.8, 4) is 0 Å². The van der Waals surface area contributed by atoms with E-state index in [-0.39, 0.29) is 0 Å². The van der Waals surface area contributed by atoms with Gasteiger partial charge in [-0.15, -0.1) is 0 Å². The van der Waals surface area contributed by atoms with Gasteiger partial charge in [-0.3, -0.25) is 0 Å². The van der Waals surface area contributed by atoms with Gasteiger partial charge in [-0.05, 0) is 37.5 Å². The summed E-state index contributed by atoms with van der Waals surface area (Å²) >= 11 is 0. The monoisotopic (exact) mass is 382 g/mol. The third-order valence-corrected chi connectivity index (χ3v) is 6.40. The summed E-state index contributed by atoms with van der Waals surface area (Å²) in [4.78, 5) is 0. The van der Waals surface area contributed by atoms with Gasteiger partial charge in [0.05, 0.1) is 6.10 Å². The SMILES string of the molecule is CCCCCCCCC(OCCCC)C(CCCC)(CCCC)CCCC. The molecule has 0 saturated heterocycles. The molecule has 0 aromatic rings. The number of hydrogen-bond acceptors (Lipinski definition) is 1. The van der Waals surface area contributed by atoms with Crippen LogP contribution in [0.4, 0.5) is 0 Å². The first-order chi connectivity index (χ1) is 13.2. The fourth-order valence-electron chi connectivity index (χ4n) is 4.49. The molecule has 0 saturated carbocycles. The molecule has 0 spiro atoms. The highest BCUT2D eigenvalue weighted by molar-refractivity contribution is 4.88. The molecule has 27 heavy (non-hydrogen) atoms. The molecule has 1 heteroatoms. The third kappa shape index (κ3) is 12.9. The lowest BCUT2D eigenvalue weighted by Crippen LogP contribution is -2.38. The van der Waals surface area contributed by atoms with Gasteiger partial charge in [-0.25, -0.2) is 0 Å². The quantitative estimate of drug-likeness (QED) is 0.180. The van der Waals surface area contributed by atoms with Gasteiger partial charge in [0.25, 0.3) is 0 Å². The van der Waals surface area contributed by atoms with E-state index in [0.717, 1.165) is 6.61 Å². The van der Waals surface area contributed by atoms with Crippen LogP contribution in [0, 0.1) is 5.41 Å². The van der Waals surface area contributed by atoms with Gasteiger partial charge in [0.1, 0.15) is 0 Å². The normalized spacial score (nSPS) is 13.2. The van der Waals surface area contributed by atoms with Crippen LogP contribution in [0.1, 0.15) is 150 Å². The highest BCUT2D eigenvalue weighted by Gasteiger charge is 2.37. The van der Waals surface area contributed by atoms with Crippen LogP contribution in [0.2, 0.25) is 0 Å². The van der Waals surface area contributed by atoms with E-state index in [9.17, 15) is 0 Å². The molecule has 0 radical (unpaired) electrons. The molecule has 0 amide bonds. The van der Waals surface area contributed by atoms with Crippen LogP contribution >= 0.6 is 0 Å². The van der Waals surface area contributed by atoms with Gasteiger partial charge >= 0.3 is 0 Å². The Morgan fingerprint density at radius 2 is 0.963 bits per heavy atom. The van der Waals surface area contributed by atoms with Crippen molar-refractivity contribution in [3.05, 3.63) is 0 Å². The summed E-state index contributed by atoms with van der Waals surface area (Å²) < 4.78 is 6.67. The molecular formula is C26H54O. The van der Waals surface area contributed by atoms with E-state index >= 15 is 0 Å². The molecule has 1 unspecified atom stereocenters. The van der Waals surface area contributed by atoms with Gasteiger partial charge in [-0.2, -0.15) is 0 Å². The molecule has 0 aromatic carbocycles. The molecule has 0 aliphatic heterocycles. The summed E-state index contributed by atoms with van der Waals surface area (Å²) in [7, 11) is 0. The van der Waals surface area contributed by atoms with E-state index in [2.05, 4.69) is 34.6 Å². The van der Waals surface area contributed by atoms with Crippen LogP contribution in [-0.2, 0) is 4.74 Å². The molecule has 0 aliphatic carbocycles. The van der Waals surface area contributed by atoms with Gasteiger partial charge in [0.15, 0.2) is 0 Å². The minimum atomic E-state index is 0.444. The van der Waals surface area contributed by atoms with Gasteiger partial charge in [0, 0.05) is 6.61 Å². The predicted octanol–water partition coefficient (Wildman–Crippen LogP) is 9.48. The second-order valence-corrected chi connectivity index (χ2v) is 8.94. The minimum absolute atomic E-state index is 0.444. The Morgan fingerprint density at radius 3 is 1.44 bits per heavy atom. The molecule has 1 atom stereocenters. The first kappa shape index (κ1) is 27.0. The lowest BCUT2D eigenvalue weighted by atomic mass is 9.69. The van der Waals surface area contributed by atoms with Gasteiger partial charge in [-0.1, -0.05) is 118 Å². The average molecular weight is 383 g/mol. The van der Waals surface area contributed by atoms with E-state index < -0.39 is 0 Å². The van der Waals surface area contributed by atoms with Crippen LogP contribution in [0.5, 0.6) is 0 Å². The van der Waals surface area contributed by atoms with Gasteiger partial charge in [0.2, 0.25) is 0 Å². The molecule has 0 aliphatic rings. The number of unbranched alkanes of at least 4 members (excludes halogenated alkanes) is 9. The summed E-state index contributed by atoms with van der Waals surface area (Å²) in [5, 5.41) is 0. The zero-order valence-electron chi connectivity index (χ0n) is 19.9. The summed E-state index contributed by atoms with van der Waals surface area (Å²) in [5.74, 6) is 0. The summed E-state index contributed by atoms with van der Waals surface area (Å²) in [6.07, 6.45) is 24.9. The van der Waals surface area contributed by atoms with Crippen molar-refractivity contribution in [2.45, 2.75) is 156 Å². The van der Waals surface area contributed by atoms with E-state index in [1.54, 1.807) is 0 Å². The van der Waals surface area contributed by atoms with E-state index in [1.165, 1.54) is 116 Å². The van der Waals surface area contributed by atoms with Crippen molar-refractivity contribution in [1.29, 1.82) is 0 Å². The topological polar surface area (TPSA) is 9.23 Å². The fraction of sp³-hybridized carbons (Fsp3) is 1.00. The smallest absolute Gasteiger partial charge is 0.0631 e. The van der Waals surface area contributed by atoms with Crippen molar-refractivity contribution in [2.24, 2.45) is 5.41 Å². The van der Waals surface area contributed by atoms with Crippen LogP contribution < -0.4 is 0 Å². The Bertz CT molecular complexity index is 264. The maximum atomic E-state index is 6.67. The van der Waals surface area contributed by atoms with Crippen LogP contribution in [0.15, 0.2) is 0 Å². The molecular weight excluding hydrogens is 328 g/mol. The number of rotatable bonds is 21. The highest BCUT2D eigenvalue weighted by atomic mass is 16.5. The third-order valence-electron chi connectivity index (χ3n) is 6.40. The van der Waals surface area contributed by atoms with Crippen molar-refractivity contribution in [2.75, 3.05) is 6.61 Å². The van der Waals surface area contributed by atoms with Crippen LogP contribution in [0.25, 0.3) is 0 Å². The van der Waals surface area contributed by atoms with Crippen molar-refractivity contribution < 1.29 is 4.74 Å². The second-order valence-electron chi connectivity index (χ2n) is 8.94. The molecule has 0 N–H and O–H groups in total. The largest absolute Gasteiger partial charge is 0.378 e. The Morgan fingerprint density at radius 1 is 0.519 bits per heavy atom. The highest BCUT2D eigenvalue weighted by Crippen LogP contribution is 2.43. The summed E-state index contributed by atoms with van der Waals surface area (Å²) in [5.41, 5.74) is 0.444. The lowest BCUT2D eigenvalue weighted by Gasteiger charge is -2.42. The number of ether oxygens (including phenoxy) is 1. The van der Waals surface area contributed by atoms with E-state index in [0.29, 0.717) is 11.5 Å². The Hall–Kier alpha value is -0.0400. The Balaban J connectivity index is 5.04.